The van der Waals surface area contributed by atoms with Crippen LogP contribution in [0.3, 0.4) is 0 Å². The molecule has 208 valence electrons. The van der Waals surface area contributed by atoms with Crippen molar-refractivity contribution in [2.75, 3.05) is 33.4 Å². The summed E-state index contributed by atoms with van der Waals surface area (Å²) >= 11 is 0. The number of carbonyl (C=O) groups is 2. The molecule has 1 aromatic heterocycles. The van der Waals surface area contributed by atoms with E-state index in [4.69, 9.17) is 9.84 Å². The molecular formula is C31H32F2N4O3. The minimum Gasteiger partial charge on any atom is -0.383 e. The fraction of sp³-hybridized carbons (Fsp3) is 0.323. The van der Waals surface area contributed by atoms with Crippen LogP contribution in [0.4, 0.5) is 8.78 Å². The van der Waals surface area contributed by atoms with Gasteiger partial charge < -0.3 is 15.0 Å². The molecule has 1 saturated heterocycles. The first kappa shape index (κ1) is 27.5. The van der Waals surface area contributed by atoms with Crippen molar-refractivity contribution in [2.45, 2.75) is 26.3 Å². The molecule has 4 aromatic rings. The monoisotopic (exact) mass is 546 g/mol. The third-order valence-corrected chi connectivity index (χ3v) is 7.57. The normalized spacial score (nSPS) is 14.1. The zero-order valence-corrected chi connectivity index (χ0v) is 22.6. The van der Waals surface area contributed by atoms with Gasteiger partial charge >= 0.3 is 0 Å². The van der Waals surface area contributed by atoms with E-state index in [-0.39, 0.29) is 23.2 Å². The van der Waals surface area contributed by atoms with Crippen LogP contribution in [0.5, 0.6) is 0 Å². The number of hydrogen-bond donors (Lipinski definition) is 1. The molecule has 1 aliphatic heterocycles. The van der Waals surface area contributed by atoms with Crippen LogP contribution in [0, 0.1) is 24.5 Å². The molecule has 3 aromatic carbocycles. The quantitative estimate of drug-likeness (QED) is 0.308. The molecule has 0 bridgehead atoms. The lowest BCUT2D eigenvalue weighted by molar-refractivity contribution is 0.0676. The molecule has 0 atom stereocenters. The Bertz CT molecular complexity index is 1530. The SMILES string of the molecule is COCCNC(=O)c1ccc2nn(CC3CCN(C(=O)c4ccc(-c5ccc(F)cc5)cc4F)CC3)cc2c1C. The highest BCUT2D eigenvalue weighted by Crippen LogP contribution is 2.27. The highest BCUT2D eigenvalue weighted by molar-refractivity contribution is 6.00. The lowest BCUT2D eigenvalue weighted by atomic mass is 9.96. The molecule has 2 amide bonds. The Hall–Kier alpha value is -4.11. The number of rotatable bonds is 8. The van der Waals surface area contributed by atoms with Crippen LogP contribution >= 0.6 is 0 Å². The van der Waals surface area contributed by atoms with E-state index in [1.165, 1.54) is 24.3 Å². The second kappa shape index (κ2) is 12.0. The summed E-state index contributed by atoms with van der Waals surface area (Å²) in [5, 5.41) is 8.50. The summed E-state index contributed by atoms with van der Waals surface area (Å²) < 4.78 is 35.0. The van der Waals surface area contributed by atoms with Crippen LogP contribution in [-0.4, -0.2) is 59.8 Å². The van der Waals surface area contributed by atoms with Crippen molar-refractivity contribution < 1.29 is 23.1 Å². The van der Waals surface area contributed by atoms with Gasteiger partial charge in [-0.15, -0.1) is 0 Å². The Balaban J connectivity index is 1.20. The number of halogens is 2. The predicted molar refractivity (Wildman–Crippen MR) is 149 cm³/mol. The highest BCUT2D eigenvalue weighted by atomic mass is 19.1. The molecule has 0 aliphatic carbocycles. The van der Waals surface area contributed by atoms with Gasteiger partial charge in [0, 0.05) is 50.4 Å². The first-order valence-electron chi connectivity index (χ1n) is 13.4. The molecule has 0 saturated carbocycles. The van der Waals surface area contributed by atoms with E-state index in [9.17, 15) is 18.4 Å². The standard InChI is InChI=1S/C31H32F2N4O3/c1-20-25(30(38)34-13-16-40-2)9-10-29-27(20)19-37(35-29)18-21-11-14-36(15-12-21)31(39)26-8-5-23(17-28(26)33)22-3-6-24(32)7-4-22/h3-10,17,19,21H,11-16,18H2,1-2H3,(H,34,38). The van der Waals surface area contributed by atoms with E-state index in [1.54, 1.807) is 36.3 Å². The Morgan fingerprint density at radius 3 is 2.40 bits per heavy atom. The number of piperidine rings is 1. The fourth-order valence-electron chi connectivity index (χ4n) is 5.25. The number of aryl methyl sites for hydroxylation is 1. The van der Waals surface area contributed by atoms with Crippen LogP contribution in [0.25, 0.3) is 22.0 Å². The van der Waals surface area contributed by atoms with Gasteiger partial charge in [-0.3, -0.25) is 14.3 Å². The van der Waals surface area contributed by atoms with E-state index in [0.717, 1.165) is 29.3 Å². The minimum atomic E-state index is -0.584. The predicted octanol–water partition coefficient (Wildman–Crippen LogP) is 5.22. The molecule has 7 nitrogen and oxygen atoms in total. The van der Waals surface area contributed by atoms with Crippen molar-refractivity contribution >= 4 is 22.7 Å². The summed E-state index contributed by atoms with van der Waals surface area (Å²) in [6.07, 6.45) is 3.54. The first-order valence-corrected chi connectivity index (χ1v) is 13.4. The number of nitrogens with one attached hydrogen (secondary N) is 1. The van der Waals surface area contributed by atoms with E-state index < -0.39 is 5.82 Å². The van der Waals surface area contributed by atoms with Crippen molar-refractivity contribution in [1.82, 2.24) is 20.0 Å². The van der Waals surface area contributed by atoms with Gasteiger partial charge in [0.25, 0.3) is 11.8 Å². The maximum atomic E-state index is 14.9. The third-order valence-electron chi connectivity index (χ3n) is 7.57. The minimum absolute atomic E-state index is 0.0418. The van der Waals surface area contributed by atoms with E-state index in [1.807, 2.05) is 23.9 Å². The number of nitrogens with zero attached hydrogens (tertiary/aromatic N) is 3. The molecule has 0 spiro atoms. The summed E-state index contributed by atoms with van der Waals surface area (Å²) in [6.45, 7) is 4.60. The summed E-state index contributed by atoms with van der Waals surface area (Å²) in [5.41, 5.74) is 3.65. The zero-order chi connectivity index (χ0) is 28.2. The van der Waals surface area contributed by atoms with Crippen molar-refractivity contribution in [1.29, 1.82) is 0 Å². The highest BCUT2D eigenvalue weighted by Gasteiger charge is 2.26. The van der Waals surface area contributed by atoms with E-state index in [0.29, 0.717) is 55.4 Å². The molecule has 5 rings (SSSR count). The number of amides is 2. The molecule has 0 radical (unpaired) electrons. The van der Waals surface area contributed by atoms with Crippen LogP contribution in [-0.2, 0) is 11.3 Å². The second-order valence-corrected chi connectivity index (χ2v) is 10.2. The van der Waals surface area contributed by atoms with Gasteiger partial charge in [0.15, 0.2) is 0 Å². The van der Waals surface area contributed by atoms with Crippen molar-refractivity contribution in [3.05, 3.63) is 89.1 Å². The van der Waals surface area contributed by atoms with Gasteiger partial charge in [-0.25, -0.2) is 8.78 Å². The molecule has 1 aliphatic rings. The average molecular weight is 547 g/mol. The Labute approximate surface area is 231 Å². The van der Waals surface area contributed by atoms with Gasteiger partial charge in [-0.2, -0.15) is 5.10 Å². The van der Waals surface area contributed by atoms with Crippen molar-refractivity contribution in [3.8, 4) is 11.1 Å². The van der Waals surface area contributed by atoms with Gasteiger partial charge in [0.1, 0.15) is 11.6 Å². The number of fused-ring (bicyclic) bond motifs is 1. The smallest absolute Gasteiger partial charge is 0.256 e. The number of hydrogen-bond acceptors (Lipinski definition) is 4. The van der Waals surface area contributed by atoms with Gasteiger partial charge in [0.05, 0.1) is 17.7 Å². The molecule has 1 fully saturated rings. The lowest BCUT2D eigenvalue weighted by Crippen LogP contribution is -2.39. The number of benzene rings is 3. The molecular weight excluding hydrogens is 514 g/mol. The second-order valence-electron chi connectivity index (χ2n) is 10.2. The maximum absolute atomic E-state index is 14.9. The number of ether oxygens (including phenoxy) is 1. The fourth-order valence-corrected chi connectivity index (χ4v) is 5.25. The number of methoxy groups -OCH3 is 1. The van der Waals surface area contributed by atoms with E-state index >= 15 is 0 Å². The molecule has 0 unspecified atom stereocenters. The van der Waals surface area contributed by atoms with Crippen LogP contribution in [0.1, 0.15) is 39.1 Å². The lowest BCUT2D eigenvalue weighted by Gasteiger charge is -2.32. The third kappa shape index (κ3) is 5.89. The van der Waals surface area contributed by atoms with Gasteiger partial charge in [-0.05, 0) is 78.8 Å². The topological polar surface area (TPSA) is 76.5 Å². The summed E-state index contributed by atoms with van der Waals surface area (Å²) in [7, 11) is 1.59. The molecule has 2 heterocycles. The number of aromatic nitrogens is 2. The Kier molecular flexibility index (Phi) is 8.21. The number of carbonyl (C=O) groups excluding carboxylic acids is 2. The van der Waals surface area contributed by atoms with Crippen molar-refractivity contribution in [2.24, 2.45) is 5.92 Å². The van der Waals surface area contributed by atoms with Crippen molar-refractivity contribution in [3.63, 3.8) is 0 Å². The Morgan fingerprint density at radius 1 is 1.00 bits per heavy atom. The molecule has 40 heavy (non-hydrogen) atoms. The summed E-state index contributed by atoms with van der Waals surface area (Å²) in [5.74, 6) is -1.08. The van der Waals surface area contributed by atoms with Crippen LogP contribution < -0.4 is 5.32 Å². The van der Waals surface area contributed by atoms with Crippen LogP contribution in [0.2, 0.25) is 0 Å². The first-order chi connectivity index (χ1) is 19.3. The largest absolute Gasteiger partial charge is 0.383 e. The maximum Gasteiger partial charge on any atom is 0.256 e. The van der Waals surface area contributed by atoms with Gasteiger partial charge in [-0.1, -0.05) is 18.2 Å². The summed E-state index contributed by atoms with van der Waals surface area (Å²) in [4.78, 5) is 27.3. The number of likely N-dealkylation sites (tertiary alicyclic amines) is 1. The van der Waals surface area contributed by atoms with Gasteiger partial charge in [0.2, 0.25) is 0 Å². The van der Waals surface area contributed by atoms with E-state index in [2.05, 4.69) is 5.32 Å². The average Bonchev–Trinajstić information content (AvgIpc) is 3.37. The molecule has 1 N–H and O–H groups in total. The Morgan fingerprint density at radius 2 is 1.70 bits per heavy atom. The van der Waals surface area contributed by atoms with Crippen LogP contribution in [0.15, 0.2) is 60.8 Å². The summed E-state index contributed by atoms with van der Waals surface area (Å²) in [6, 6.07) is 14.0. The zero-order valence-electron chi connectivity index (χ0n) is 22.6. The molecule has 9 heteroatoms.